The van der Waals surface area contributed by atoms with Crippen molar-refractivity contribution in [2.45, 2.75) is 30.7 Å². The van der Waals surface area contributed by atoms with Crippen molar-refractivity contribution in [2.24, 2.45) is 0 Å². The van der Waals surface area contributed by atoms with Gasteiger partial charge in [-0.3, -0.25) is 0 Å². The second kappa shape index (κ2) is 6.91. The summed E-state index contributed by atoms with van der Waals surface area (Å²) in [5.41, 5.74) is 0.946. The predicted molar refractivity (Wildman–Crippen MR) is 89.9 cm³/mol. The second-order valence-electron chi connectivity index (χ2n) is 5.73. The highest BCUT2D eigenvalue weighted by Crippen LogP contribution is 2.37. The number of nitrogens with zero attached hydrogens (tertiary/aromatic N) is 1. The minimum absolute atomic E-state index is 0.127. The van der Waals surface area contributed by atoms with Gasteiger partial charge in [0.05, 0.1) is 17.5 Å². The fourth-order valence-electron chi connectivity index (χ4n) is 3.06. The largest absolute Gasteiger partial charge is 0.494 e. The number of benzene rings is 2. The van der Waals surface area contributed by atoms with Gasteiger partial charge in [-0.25, -0.2) is 12.8 Å². The van der Waals surface area contributed by atoms with Crippen molar-refractivity contribution in [2.75, 3.05) is 13.2 Å². The van der Waals surface area contributed by atoms with Gasteiger partial charge in [0.25, 0.3) is 0 Å². The quantitative estimate of drug-likeness (QED) is 0.826. The number of hydrogen-bond donors (Lipinski definition) is 0. The van der Waals surface area contributed by atoms with Crippen LogP contribution in [0, 0.1) is 5.82 Å². The molecule has 24 heavy (non-hydrogen) atoms. The molecule has 0 saturated carbocycles. The van der Waals surface area contributed by atoms with Gasteiger partial charge in [-0.15, -0.1) is 0 Å². The van der Waals surface area contributed by atoms with Crippen LogP contribution in [0.3, 0.4) is 0 Å². The van der Waals surface area contributed by atoms with Gasteiger partial charge in [0.15, 0.2) is 0 Å². The van der Waals surface area contributed by atoms with E-state index in [9.17, 15) is 12.8 Å². The summed E-state index contributed by atoms with van der Waals surface area (Å²) in [6.45, 7) is 2.98. The number of hydrogen-bond acceptors (Lipinski definition) is 3. The first kappa shape index (κ1) is 16.9. The lowest BCUT2D eigenvalue weighted by Gasteiger charge is -2.24. The van der Waals surface area contributed by atoms with Crippen molar-refractivity contribution in [1.29, 1.82) is 0 Å². The Labute approximate surface area is 141 Å². The molecular formula is C18H20FNO3S. The molecule has 0 spiro atoms. The van der Waals surface area contributed by atoms with Gasteiger partial charge in [0, 0.05) is 6.54 Å². The van der Waals surface area contributed by atoms with E-state index in [2.05, 4.69) is 0 Å². The summed E-state index contributed by atoms with van der Waals surface area (Å²) < 4.78 is 45.8. The third-order valence-electron chi connectivity index (χ3n) is 4.20. The van der Waals surface area contributed by atoms with Crippen LogP contribution in [-0.4, -0.2) is 25.9 Å². The molecule has 0 bridgehead atoms. The van der Waals surface area contributed by atoms with Crippen LogP contribution < -0.4 is 4.74 Å². The fourth-order valence-corrected chi connectivity index (χ4v) is 4.74. The van der Waals surface area contributed by atoms with Crippen LogP contribution in [0.15, 0.2) is 53.4 Å². The molecule has 1 fully saturated rings. The second-order valence-corrected chi connectivity index (χ2v) is 7.62. The zero-order chi connectivity index (χ0) is 17.2. The zero-order valence-electron chi connectivity index (χ0n) is 13.5. The van der Waals surface area contributed by atoms with Gasteiger partial charge in [-0.05, 0) is 61.7 Å². The summed E-state index contributed by atoms with van der Waals surface area (Å²) in [4.78, 5) is 0.127. The summed E-state index contributed by atoms with van der Waals surface area (Å²) in [7, 11) is -3.64. The van der Waals surface area contributed by atoms with Crippen molar-refractivity contribution < 1.29 is 17.5 Å². The SMILES string of the molecule is CCOc1ccc(C2CCCN2S(=O)(=O)c2ccc(F)cc2)cc1. The van der Waals surface area contributed by atoms with E-state index in [1.165, 1.54) is 28.6 Å². The molecule has 0 amide bonds. The number of sulfonamides is 1. The zero-order valence-corrected chi connectivity index (χ0v) is 14.3. The van der Waals surface area contributed by atoms with Crippen molar-refractivity contribution >= 4 is 10.0 Å². The molecule has 128 valence electrons. The van der Waals surface area contributed by atoms with E-state index in [-0.39, 0.29) is 10.9 Å². The van der Waals surface area contributed by atoms with E-state index in [0.717, 1.165) is 24.2 Å². The molecule has 3 rings (SSSR count). The molecule has 1 heterocycles. The van der Waals surface area contributed by atoms with E-state index in [1.54, 1.807) is 0 Å². The van der Waals surface area contributed by atoms with Crippen molar-refractivity contribution in [3.05, 3.63) is 59.9 Å². The van der Waals surface area contributed by atoms with Gasteiger partial charge in [-0.2, -0.15) is 4.31 Å². The molecule has 1 aliphatic heterocycles. The lowest BCUT2D eigenvalue weighted by Crippen LogP contribution is -2.30. The molecular weight excluding hydrogens is 329 g/mol. The number of ether oxygens (including phenoxy) is 1. The normalized spacial score (nSPS) is 18.7. The average Bonchev–Trinajstić information content (AvgIpc) is 3.07. The molecule has 4 nitrogen and oxygen atoms in total. The highest BCUT2D eigenvalue weighted by molar-refractivity contribution is 7.89. The number of rotatable bonds is 5. The Hall–Kier alpha value is -1.92. The van der Waals surface area contributed by atoms with E-state index in [0.29, 0.717) is 13.2 Å². The van der Waals surface area contributed by atoms with Crippen LogP contribution in [-0.2, 0) is 10.0 Å². The minimum atomic E-state index is -3.64. The topological polar surface area (TPSA) is 46.6 Å². The molecule has 0 aliphatic carbocycles. The van der Waals surface area contributed by atoms with Crippen LogP contribution in [0.25, 0.3) is 0 Å². The predicted octanol–water partition coefficient (Wildman–Crippen LogP) is 3.75. The first-order chi connectivity index (χ1) is 11.5. The third-order valence-corrected chi connectivity index (χ3v) is 6.12. The molecule has 1 atom stereocenters. The molecule has 6 heteroatoms. The minimum Gasteiger partial charge on any atom is -0.494 e. The Kier molecular flexibility index (Phi) is 4.87. The fraction of sp³-hybridized carbons (Fsp3) is 0.333. The maximum atomic E-state index is 13.1. The molecule has 0 radical (unpaired) electrons. The van der Waals surface area contributed by atoms with Gasteiger partial charge >= 0.3 is 0 Å². The Morgan fingerprint density at radius 3 is 2.42 bits per heavy atom. The molecule has 1 saturated heterocycles. The van der Waals surface area contributed by atoms with Crippen LogP contribution >= 0.6 is 0 Å². The third kappa shape index (κ3) is 3.30. The van der Waals surface area contributed by atoms with Gasteiger partial charge < -0.3 is 4.74 Å². The van der Waals surface area contributed by atoms with E-state index in [1.807, 2.05) is 31.2 Å². The van der Waals surface area contributed by atoms with E-state index in [4.69, 9.17) is 4.74 Å². The lowest BCUT2D eigenvalue weighted by atomic mass is 10.1. The summed E-state index contributed by atoms with van der Waals surface area (Å²) in [5.74, 6) is 0.325. The molecule has 2 aromatic rings. The number of halogens is 1. The Morgan fingerprint density at radius 1 is 1.12 bits per heavy atom. The Bertz CT molecular complexity index is 788. The lowest BCUT2D eigenvalue weighted by molar-refractivity contribution is 0.339. The molecule has 2 aromatic carbocycles. The van der Waals surface area contributed by atoms with E-state index < -0.39 is 15.8 Å². The van der Waals surface area contributed by atoms with Crippen molar-refractivity contribution in [1.82, 2.24) is 4.31 Å². The summed E-state index contributed by atoms with van der Waals surface area (Å²) in [5, 5.41) is 0. The summed E-state index contributed by atoms with van der Waals surface area (Å²) >= 11 is 0. The van der Waals surface area contributed by atoms with Gasteiger partial charge in [-0.1, -0.05) is 12.1 Å². The van der Waals surface area contributed by atoms with E-state index >= 15 is 0 Å². The van der Waals surface area contributed by atoms with Crippen molar-refractivity contribution in [3.63, 3.8) is 0 Å². The van der Waals surface area contributed by atoms with Gasteiger partial charge in [0.2, 0.25) is 10.0 Å². The standard InChI is InChI=1S/C18H20FNO3S/c1-2-23-16-9-5-14(6-10-16)18-4-3-13-20(18)24(21,22)17-11-7-15(19)8-12-17/h5-12,18H,2-4,13H2,1H3. The Morgan fingerprint density at radius 2 is 1.79 bits per heavy atom. The summed E-state index contributed by atoms with van der Waals surface area (Å²) in [6.07, 6.45) is 1.58. The molecule has 0 aromatic heterocycles. The Balaban J connectivity index is 1.88. The van der Waals surface area contributed by atoms with Crippen molar-refractivity contribution in [3.8, 4) is 5.75 Å². The average molecular weight is 349 g/mol. The monoisotopic (exact) mass is 349 g/mol. The highest BCUT2D eigenvalue weighted by Gasteiger charge is 2.36. The van der Waals surface area contributed by atoms with Crippen LogP contribution in [0.2, 0.25) is 0 Å². The van der Waals surface area contributed by atoms with Crippen LogP contribution in [0.4, 0.5) is 4.39 Å². The van der Waals surface area contributed by atoms with Crippen LogP contribution in [0.5, 0.6) is 5.75 Å². The maximum absolute atomic E-state index is 13.1. The van der Waals surface area contributed by atoms with Crippen LogP contribution in [0.1, 0.15) is 31.4 Å². The first-order valence-electron chi connectivity index (χ1n) is 8.02. The molecule has 0 N–H and O–H groups in total. The molecule has 1 unspecified atom stereocenters. The summed E-state index contributed by atoms with van der Waals surface area (Å²) in [6, 6.07) is 12.3. The first-order valence-corrected chi connectivity index (χ1v) is 9.46. The molecule has 1 aliphatic rings. The highest BCUT2D eigenvalue weighted by atomic mass is 32.2. The maximum Gasteiger partial charge on any atom is 0.243 e. The van der Waals surface area contributed by atoms with Gasteiger partial charge in [0.1, 0.15) is 11.6 Å². The smallest absolute Gasteiger partial charge is 0.243 e.